The number of nitrogens with one attached hydrogen (secondary N) is 2. The number of imide groups is 2. The second-order valence-electron chi connectivity index (χ2n) is 11.9. The predicted molar refractivity (Wildman–Crippen MR) is 188 cm³/mol. The summed E-state index contributed by atoms with van der Waals surface area (Å²) in [7, 11) is -7.98. The van der Waals surface area contributed by atoms with Crippen molar-refractivity contribution < 1.29 is 55.5 Å². The van der Waals surface area contributed by atoms with Crippen LogP contribution in [-0.4, -0.2) is 81.1 Å². The van der Waals surface area contributed by atoms with E-state index in [2.05, 4.69) is 9.44 Å². The zero-order valence-corrected chi connectivity index (χ0v) is 30.8. The molecule has 53 heavy (non-hydrogen) atoms. The Kier molecular flexibility index (Phi) is 14.6. The van der Waals surface area contributed by atoms with Gasteiger partial charge < -0.3 is 9.47 Å². The molecule has 0 unspecified atom stereocenters. The normalized spacial score (nSPS) is 17.6. The van der Waals surface area contributed by atoms with Gasteiger partial charge in [-0.2, -0.15) is 19.6 Å². The molecule has 2 heterocycles. The van der Waals surface area contributed by atoms with Gasteiger partial charge in [-0.25, -0.2) is 16.8 Å². The van der Waals surface area contributed by atoms with Crippen molar-refractivity contribution in [3.05, 3.63) is 84.4 Å². The van der Waals surface area contributed by atoms with E-state index in [1.54, 1.807) is 24.3 Å². The molecular weight excluding hydrogens is 733 g/mol. The Labute approximate surface area is 308 Å². The lowest BCUT2D eigenvalue weighted by Gasteiger charge is -2.15. The van der Waals surface area contributed by atoms with Gasteiger partial charge in [0.05, 0.1) is 35.8 Å². The first kappa shape index (κ1) is 41.0. The first-order valence-corrected chi connectivity index (χ1v) is 19.8. The van der Waals surface area contributed by atoms with E-state index < -0.39 is 62.2 Å². The van der Waals surface area contributed by atoms with E-state index in [0.29, 0.717) is 29.8 Å². The first-order valence-electron chi connectivity index (χ1n) is 16.9. The quantitative estimate of drug-likeness (QED) is 0.103. The molecule has 3 aromatic carbocycles. The minimum atomic E-state index is -3.99. The van der Waals surface area contributed by atoms with Crippen molar-refractivity contribution >= 4 is 43.7 Å². The third-order valence-corrected chi connectivity index (χ3v) is 10.8. The Morgan fingerprint density at radius 1 is 0.660 bits per heavy atom. The van der Waals surface area contributed by atoms with Gasteiger partial charge in [0.15, 0.2) is 0 Å². The number of hydroxylamine groups is 4. The molecule has 2 atom stereocenters. The number of benzene rings is 3. The zero-order chi connectivity index (χ0) is 38.6. The minimum Gasteiger partial charge on any atom is -0.494 e. The van der Waals surface area contributed by atoms with Crippen LogP contribution < -0.4 is 18.9 Å². The number of ether oxygens (including phenoxy) is 2. The van der Waals surface area contributed by atoms with Gasteiger partial charge in [0.25, 0.3) is 23.6 Å². The van der Waals surface area contributed by atoms with Gasteiger partial charge in [-0.05, 0) is 66.9 Å². The molecule has 0 saturated carbocycles. The summed E-state index contributed by atoms with van der Waals surface area (Å²) in [5, 5.41) is 9.68. The van der Waals surface area contributed by atoms with E-state index in [-0.39, 0.29) is 27.9 Å². The summed E-state index contributed by atoms with van der Waals surface area (Å²) in [4.78, 5) is 52.6. The van der Waals surface area contributed by atoms with Gasteiger partial charge in [-0.15, -0.1) is 0 Å². The number of rotatable bonds is 17. The molecule has 3 N–H and O–H groups in total. The van der Waals surface area contributed by atoms with Crippen molar-refractivity contribution in [1.29, 1.82) is 0 Å². The van der Waals surface area contributed by atoms with Crippen LogP contribution in [0.25, 0.3) is 0 Å². The first-order chi connectivity index (χ1) is 25.3. The summed E-state index contributed by atoms with van der Waals surface area (Å²) in [6.07, 6.45) is 3.08. The Bertz CT molecular complexity index is 1940. The Morgan fingerprint density at radius 3 is 1.55 bits per heavy atom. The molecule has 2 aliphatic heterocycles. The van der Waals surface area contributed by atoms with E-state index in [9.17, 15) is 36.0 Å². The Hall–Kier alpha value is -4.72. The van der Waals surface area contributed by atoms with Gasteiger partial charge >= 0.3 is 0 Å². The Balaban J connectivity index is 0.000000245. The highest BCUT2D eigenvalue weighted by Crippen LogP contribution is 2.21. The lowest BCUT2D eigenvalue weighted by molar-refractivity contribution is -0.191. The standard InChI is InChI=1S/C21H24N2O6S.C14H18N2O6S/c1-2-3-13-28-17-9-11-18(12-10-17)30(26,27)22-19-14-20(24)23(21(19)25)29-15-16-7-5-4-6-8-16;1-2-3-8-22-10-4-6-11(7-5-10)23(20,21)15-12-9-13(17)16(19)14(12)18/h4-12,19,22H,2-3,13-15H2,1H3;4-7,12,15,19H,2-3,8-9H2,1H3/t19-;12-/m00/s1. The van der Waals surface area contributed by atoms with Crippen molar-refractivity contribution in [1.82, 2.24) is 19.6 Å². The van der Waals surface area contributed by atoms with Crippen LogP contribution >= 0.6 is 0 Å². The lowest BCUT2D eigenvalue weighted by atomic mass is 10.2. The fraction of sp³-hybridized carbons (Fsp3) is 0.371. The molecule has 4 amide bonds. The average molecular weight is 775 g/mol. The van der Waals surface area contributed by atoms with E-state index in [1.165, 1.54) is 36.4 Å². The number of unbranched alkanes of at least 4 members (excludes halogenated alkanes) is 2. The fourth-order valence-corrected chi connectivity index (χ4v) is 7.25. The van der Waals surface area contributed by atoms with Crippen molar-refractivity contribution in [2.45, 2.75) is 80.9 Å². The molecule has 0 aromatic heterocycles. The van der Waals surface area contributed by atoms with Gasteiger partial charge in [-0.3, -0.25) is 29.2 Å². The lowest BCUT2D eigenvalue weighted by Crippen LogP contribution is -2.41. The molecule has 0 spiro atoms. The van der Waals surface area contributed by atoms with Crippen LogP contribution in [0.15, 0.2) is 88.7 Å². The summed E-state index contributed by atoms with van der Waals surface area (Å²) in [6.45, 7) is 5.21. The predicted octanol–water partition coefficient (Wildman–Crippen LogP) is 3.06. The molecular formula is C35H42N4O12S2. The summed E-state index contributed by atoms with van der Waals surface area (Å²) in [5.74, 6) is -2.05. The highest BCUT2D eigenvalue weighted by atomic mass is 32.2. The Morgan fingerprint density at radius 2 is 1.11 bits per heavy atom. The van der Waals surface area contributed by atoms with Crippen LogP contribution in [0, 0.1) is 0 Å². The maximum Gasteiger partial charge on any atom is 0.272 e. The number of nitrogens with zero attached hydrogens (tertiary/aromatic N) is 2. The molecule has 286 valence electrons. The number of hydrogen-bond donors (Lipinski definition) is 3. The molecule has 2 fully saturated rings. The average Bonchev–Trinajstić information content (AvgIpc) is 3.54. The largest absolute Gasteiger partial charge is 0.494 e. The third kappa shape index (κ3) is 11.4. The molecule has 2 aliphatic rings. The molecule has 18 heteroatoms. The number of hydrogen-bond acceptors (Lipinski definition) is 12. The van der Waals surface area contributed by atoms with Crippen LogP contribution in [0.1, 0.15) is 57.9 Å². The second-order valence-corrected chi connectivity index (χ2v) is 15.4. The van der Waals surface area contributed by atoms with Crippen LogP contribution in [0.5, 0.6) is 11.5 Å². The third-order valence-electron chi connectivity index (χ3n) is 7.82. The molecule has 0 radical (unpaired) electrons. The minimum absolute atomic E-state index is 0.0192. The van der Waals surface area contributed by atoms with E-state index in [0.717, 1.165) is 31.2 Å². The topological polar surface area (TPSA) is 215 Å². The molecule has 5 rings (SSSR count). The van der Waals surface area contributed by atoms with E-state index in [4.69, 9.17) is 19.5 Å². The number of carbonyl (C=O) groups is 4. The summed E-state index contributed by atoms with van der Waals surface area (Å²) in [6, 6.07) is 18.2. The van der Waals surface area contributed by atoms with Gasteiger partial charge in [0, 0.05) is 0 Å². The van der Waals surface area contributed by atoms with Crippen molar-refractivity contribution in [3.8, 4) is 11.5 Å². The molecule has 0 bridgehead atoms. The molecule has 3 aromatic rings. The van der Waals surface area contributed by atoms with E-state index >= 15 is 0 Å². The molecule has 2 saturated heterocycles. The fourth-order valence-electron chi connectivity index (χ4n) is 4.87. The SMILES string of the molecule is CCCCOc1ccc(S(=O)(=O)N[C@H]2CC(=O)N(O)C2=O)cc1.CCCCOc1ccc(S(=O)(=O)N[C@H]2CC(=O)N(OCc3ccccc3)C2=O)cc1. The summed E-state index contributed by atoms with van der Waals surface area (Å²) in [5.41, 5.74) is 0.781. The number of sulfonamides is 2. The van der Waals surface area contributed by atoms with Crippen molar-refractivity contribution in [2.75, 3.05) is 13.2 Å². The molecule has 0 aliphatic carbocycles. The summed E-state index contributed by atoms with van der Waals surface area (Å²) < 4.78 is 65.0. The van der Waals surface area contributed by atoms with Crippen LogP contribution in [0.4, 0.5) is 0 Å². The second kappa shape index (κ2) is 18.9. The van der Waals surface area contributed by atoms with Crippen LogP contribution in [0.3, 0.4) is 0 Å². The van der Waals surface area contributed by atoms with Gasteiger partial charge in [-0.1, -0.05) is 57.0 Å². The maximum atomic E-state index is 12.6. The van der Waals surface area contributed by atoms with Crippen LogP contribution in [-0.2, 0) is 50.7 Å². The smallest absolute Gasteiger partial charge is 0.272 e. The number of amides is 4. The highest BCUT2D eigenvalue weighted by Gasteiger charge is 2.42. The summed E-state index contributed by atoms with van der Waals surface area (Å²) >= 11 is 0. The maximum absolute atomic E-state index is 12.6. The monoisotopic (exact) mass is 774 g/mol. The van der Waals surface area contributed by atoms with Gasteiger partial charge in [0.2, 0.25) is 20.0 Å². The van der Waals surface area contributed by atoms with Crippen molar-refractivity contribution in [2.24, 2.45) is 0 Å². The number of carbonyl (C=O) groups excluding carboxylic acids is 4. The van der Waals surface area contributed by atoms with Crippen LogP contribution in [0.2, 0.25) is 0 Å². The zero-order valence-electron chi connectivity index (χ0n) is 29.2. The van der Waals surface area contributed by atoms with Gasteiger partial charge in [0.1, 0.15) is 30.2 Å². The highest BCUT2D eigenvalue weighted by molar-refractivity contribution is 7.89. The van der Waals surface area contributed by atoms with Crippen molar-refractivity contribution in [3.63, 3.8) is 0 Å². The molecule has 16 nitrogen and oxygen atoms in total. The van der Waals surface area contributed by atoms with E-state index in [1.807, 2.05) is 32.0 Å².